The lowest BCUT2D eigenvalue weighted by Crippen LogP contribution is -2.39. The van der Waals surface area contributed by atoms with E-state index in [0.29, 0.717) is 13.0 Å². The first-order valence-corrected chi connectivity index (χ1v) is 3.35. The van der Waals surface area contributed by atoms with E-state index in [2.05, 4.69) is 5.32 Å². The second-order valence-corrected chi connectivity index (χ2v) is 2.55. The standard InChI is InChI=1S/C6H10N2O3/c1-8-3-2-4(5(8)9)7-6(10)11/h4,7H,2-3H2,1H3,(H,10,11). The average molecular weight is 158 g/mol. The summed E-state index contributed by atoms with van der Waals surface area (Å²) in [4.78, 5) is 22.7. The Kier molecular flexibility index (Phi) is 1.98. The number of carboxylic acid groups (broad SMARTS) is 1. The van der Waals surface area contributed by atoms with Gasteiger partial charge in [-0.15, -0.1) is 0 Å². The van der Waals surface area contributed by atoms with E-state index < -0.39 is 12.1 Å². The van der Waals surface area contributed by atoms with Crippen LogP contribution < -0.4 is 5.32 Å². The fourth-order valence-corrected chi connectivity index (χ4v) is 1.11. The van der Waals surface area contributed by atoms with Crippen LogP contribution in [-0.4, -0.2) is 41.6 Å². The molecule has 0 aromatic carbocycles. The Bertz CT molecular complexity index is 192. The third-order valence-corrected chi connectivity index (χ3v) is 1.73. The minimum atomic E-state index is -1.14. The van der Waals surface area contributed by atoms with Gasteiger partial charge in [-0.3, -0.25) is 4.79 Å². The van der Waals surface area contributed by atoms with Gasteiger partial charge >= 0.3 is 6.09 Å². The zero-order valence-electron chi connectivity index (χ0n) is 6.20. The minimum Gasteiger partial charge on any atom is -0.465 e. The van der Waals surface area contributed by atoms with Crippen molar-refractivity contribution in [3.63, 3.8) is 0 Å². The Labute approximate surface area is 64.0 Å². The summed E-state index contributed by atoms with van der Waals surface area (Å²) in [5.74, 6) is -0.146. The molecule has 0 aliphatic carbocycles. The molecule has 1 rings (SSSR count). The third-order valence-electron chi connectivity index (χ3n) is 1.73. The maximum Gasteiger partial charge on any atom is 0.405 e. The lowest BCUT2D eigenvalue weighted by Gasteiger charge is -2.09. The molecule has 0 radical (unpaired) electrons. The largest absolute Gasteiger partial charge is 0.465 e. The molecule has 1 atom stereocenters. The number of likely N-dealkylation sites (N-methyl/N-ethyl adjacent to an activating group) is 1. The number of hydrogen-bond donors (Lipinski definition) is 2. The molecule has 1 aliphatic heterocycles. The summed E-state index contributed by atoms with van der Waals surface area (Å²) in [6, 6.07) is -0.530. The highest BCUT2D eigenvalue weighted by Gasteiger charge is 2.29. The van der Waals surface area contributed by atoms with Gasteiger partial charge in [-0.25, -0.2) is 4.79 Å². The monoisotopic (exact) mass is 158 g/mol. The van der Waals surface area contributed by atoms with Crippen LogP contribution in [0.25, 0.3) is 0 Å². The van der Waals surface area contributed by atoms with Crippen molar-refractivity contribution < 1.29 is 14.7 Å². The molecule has 0 saturated carbocycles. The molecule has 0 aromatic rings. The molecule has 2 N–H and O–H groups in total. The molecule has 5 heteroatoms. The zero-order chi connectivity index (χ0) is 8.43. The fraction of sp³-hybridized carbons (Fsp3) is 0.667. The Balaban J connectivity index is 2.49. The molecule has 5 nitrogen and oxygen atoms in total. The van der Waals surface area contributed by atoms with Crippen LogP contribution >= 0.6 is 0 Å². The lowest BCUT2D eigenvalue weighted by atomic mass is 10.2. The number of amides is 2. The Morgan fingerprint density at radius 2 is 2.45 bits per heavy atom. The molecular formula is C6H10N2O3. The van der Waals surface area contributed by atoms with Crippen molar-refractivity contribution in [1.29, 1.82) is 0 Å². The number of carbonyl (C=O) groups is 2. The van der Waals surface area contributed by atoms with Gasteiger partial charge in [-0.2, -0.15) is 0 Å². The van der Waals surface area contributed by atoms with Crippen LogP contribution in [0.3, 0.4) is 0 Å². The summed E-state index contributed by atoms with van der Waals surface area (Å²) in [6.07, 6.45) is -0.569. The van der Waals surface area contributed by atoms with Crippen molar-refractivity contribution in [3.05, 3.63) is 0 Å². The van der Waals surface area contributed by atoms with E-state index in [1.807, 2.05) is 0 Å². The number of carbonyl (C=O) groups excluding carboxylic acids is 1. The van der Waals surface area contributed by atoms with Crippen LogP contribution in [0.1, 0.15) is 6.42 Å². The number of rotatable bonds is 1. The lowest BCUT2D eigenvalue weighted by molar-refractivity contribution is -0.128. The first kappa shape index (κ1) is 7.84. The van der Waals surface area contributed by atoms with Gasteiger partial charge in [0, 0.05) is 13.6 Å². The van der Waals surface area contributed by atoms with E-state index in [1.165, 1.54) is 4.90 Å². The van der Waals surface area contributed by atoms with Crippen LogP contribution in [0, 0.1) is 0 Å². The first-order valence-electron chi connectivity index (χ1n) is 3.35. The molecule has 2 amide bonds. The number of nitrogens with zero attached hydrogens (tertiary/aromatic N) is 1. The summed E-state index contributed by atoms with van der Waals surface area (Å²) in [7, 11) is 1.66. The molecule has 62 valence electrons. The number of likely N-dealkylation sites (tertiary alicyclic amines) is 1. The normalized spacial score (nSPS) is 23.9. The topological polar surface area (TPSA) is 69.6 Å². The Morgan fingerprint density at radius 3 is 2.82 bits per heavy atom. The molecule has 0 bridgehead atoms. The fourth-order valence-electron chi connectivity index (χ4n) is 1.11. The van der Waals surface area contributed by atoms with E-state index in [4.69, 9.17) is 5.11 Å². The van der Waals surface area contributed by atoms with Gasteiger partial charge in [0.25, 0.3) is 0 Å². The van der Waals surface area contributed by atoms with Gasteiger partial charge in [0.15, 0.2) is 0 Å². The summed E-state index contributed by atoms with van der Waals surface area (Å²) >= 11 is 0. The quantitative estimate of drug-likeness (QED) is 0.539. The SMILES string of the molecule is CN1CCC(NC(=O)O)C1=O. The summed E-state index contributed by atoms with van der Waals surface area (Å²) in [6.45, 7) is 0.629. The van der Waals surface area contributed by atoms with Crippen molar-refractivity contribution in [1.82, 2.24) is 10.2 Å². The van der Waals surface area contributed by atoms with Crippen molar-refractivity contribution in [2.75, 3.05) is 13.6 Å². The van der Waals surface area contributed by atoms with Gasteiger partial charge < -0.3 is 15.3 Å². The van der Waals surface area contributed by atoms with Crippen molar-refractivity contribution >= 4 is 12.0 Å². The average Bonchev–Trinajstić information content (AvgIpc) is 2.18. The van der Waals surface area contributed by atoms with Crippen LogP contribution in [0.15, 0.2) is 0 Å². The molecule has 0 aromatic heterocycles. The molecule has 1 aliphatic rings. The van der Waals surface area contributed by atoms with Crippen molar-refractivity contribution in [2.24, 2.45) is 0 Å². The molecule has 0 spiro atoms. The van der Waals surface area contributed by atoms with Gasteiger partial charge in [-0.1, -0.05) is 0 Å². The summed E-state index contributed by atoms with van der Waals surface area (Å²) < 4.78 is 0. The van der Waals surface area contributed by atoms with Crippen LogP contribution in [0.4, 0.5) is 4.79 Å². The second-order valence-electron chi connectivity index (χ2n) is 2.55. The van der Waals surface area contributed by atoms with E-state index in [9.17, 15) is 9.59 Å². The van der Waals surface area contributed by atoms with Gasteiger partial charge in [-0.05, 0) is 6.42 Å². The van der Waals surface area contributed by atoms with Crippen LogP contribution in [-0.2, 0) is 4.79 Å². The molecule has 1 unspecified atom stereocenters. The number of hydrogen-bond acceptors (Lipinski definition) is 2. The first-order chi connectivity index (χ1) is 5.11. The van der Waals surface area contributed by atoms with E-state index in [-0.39, 0.29) is 5.91 Å². The highest BCUT2D eigenvalue weighted by molar-refractivity contribution is 5.86. The predicted octanol–water partition coefficient (Wildman–Crippen LogP) is -0.515. The minimum absolute atomic E-state index is 0.146. The van der Waals surface area contributed by atoms with E-state index in [1.54, 1.807) is 7.05 Å². The third kappa shape index (κ3) is 1.60. The predicted molar refractivity (Wildman–Crippen MR) is 37.2 cm³/mol. The second kappa shape index (κ2) is 2.77. The van der Waals surface area contributed by atoms with Crippen molar-refractivity contribution in [3.8, 4) is 0 Å². The Hall–Kier alpha value is -1.26. The Morgan fingerprint density at radius 1 is 1.82 bits per heavy atom. The van der Waals surface area contributed by atoms with Crippen molar-refractivity contribution in [2.45, 2.75) is 12.5 Å². The highest BCUT2D eigenvalue weighted by Crippen LogP contribution is 2.07. The van der Waals surface area contributed by atoms with E-state index >= 15 is 0 Å². The summed E-state index contributed by atoms with van der Waals surface area (Å²) in [5.41, 5.74) is 0. The molecule has 1 fully saturated rings. The zero-order valence-corrected chi connectivity index (χ0v) is 6.20. The van der Waals surface area contributed by atoms with Gasteiger partial charge in [0.2, 0.25) is 5.91 Å². The highest BCUT2D eigenvalue weighted by atomic mass is 16.4. The van der Waals surface area contributed by atoms with Crippen LogP contribution in [0.2, 0.25) is 0 Å². The van der Waals surface area contributed by atoms with Crippen LogP contribution in [0.5, 0.6) is 0 Å². The van der Waals surface area contributed by atoms with Gasteiger partial charge in [0.05, 0.1) is 0 Å². The molecule has 1 heterocycles. The molecule has 11 heavy (non-hydrogen) atoms. The number of nitrogens with one attached hydrogen (secondary N) is 1. The molecular weight excluding hydrogens is 148 g/mol. The summed E-state index contributed by atoms with van der Waals surface area (Å²) in [5, 5.41) is 10.4. The maximum absolute atomic E-state index is 11.0. The van der Waals surface area contributed by atoms with Gasteiger partial charge in [0.1, 0.15) is 6.04 Å². The van der Waals surface area contributed by atoms with E-state index in [0.717, 1.165) is 0 Å². The molecule has 1 saturated heterocycles. The smallest absolute Gasteiger partial charge is 0.405 e. The maximum atomic E-state index is 11.0.